The molecule has 2 aromatic heterocycles. The molecule has 0 aromatic carbocycles. The second kappa shape index (κ2) is 6.07. The van der Waals surface area contributed by atoms with Crippen LogP contribution in [0, 0.1) is 11.8 Å². The molecule has 1 unspecified atom stereocenters. The van der Waals surface area contributed by atoms with Crippen LogP contribution in [0.4, 0.5) is 0 Å². The van der Waals surface area contributed by atoms with Gasteiger partial charge in [0.2, 0.25) is 0 Å². The quantitative estimate of drug-likeness (QED) is 0.900. The lowest BCUT2D eigenvalue weighted by Gasteiger charge is -2.16. The molecule has 3 nitrogen and oxygen atoms in total. The number of aromatic nitrogens is 2. The zero-order valence-electron chi connectivity index (χ0n) is 10.8. The Morgan fingerprint density at radius 3 is 2.72 bits per heavy atom. The molecule has 0 radical (unpaired) electrons. The van der Waals surface area contributed by atoms with Gasteiger partial charge in [0.25, 0.3) is 0 Å². The maximum atomic E-state index is 5.80. The van der Waals surface area contributed by atoms with Crippen LogP contribution in [0.3, 0.4) is 0 Å². The number of nitrogens with zero attached hydrogens (tertiary/aromatic N) is 2. The number of thiazole rings is 1. The molecule has 0 aliphatic rings. The predicted octanol–water partition coefficient (Wildman–Crippen LogP) is 2.98. The summed E-state index contributed by atoms with van der Waals surface area (Å²) in [6, 6.07) is 5.89. The third kappa shape index (κ3) is 3.15. The minimum Gasteiger partial charge on any atom is -0.330 e. The van der Waals surface area contributed by atoms with E-state index in [1.165, 1.54) is 0 Å². The van der Waals surface area contributed by atoms with Gasteiger partial charge in [0, 0.05) is 18.0 Å². The first kappa shape index (κ1) is 13.2. The standard InChI is InChI=1S/C14H19N3S/c1-10(2)11(8-15)7-14-17-13(9-18-14)12-5-3-4-6-16-12/h3-6,9-11H,7-8,15H2,1-2H3. The van der Waals surface area contributed by atoms with Crippen molar-refractivity contribution in [3.63, 3.8) is 0 Å². The van der Waals surface area contributed by atoms with Crippen LogP contribution >= 0.6 is 11.3 Å². The summed E-state index contributed by atoms with van der Waals surface area (Å²) in [6.07, 6.45) is 2.76. The lowest BCUT2D eigenvalue weighted by molar-refractivity contribution is 0.391. The Balaban J connectivity index is 2.11. The van der Waals surface area contributed by atoms with Crippen LogP contribution in [-0.2, 0) is 6.42 Å². The third-order valence-electron chi connectivity index (χ3n) is 3.16. The van der Waals surface area contributed by atoms with Crippen molar-refractivity contribution in [3.05, 3.63) is 34.8 Å². The minimum atomic E-state index is 0.507. The van der Waals surface area contributed by atoms with E-state index in [1.807, 2.05) is 18.2 Å². The van der Waals surface area contributed by atoms with Gasteiger partial charge < -0.3 is 5.73 Å². The summed E-state index contributed by atoms with van der Waals surface area (Å²) in [5.41, 5.74) is 7.71. The van der Waals surface area contributed by atoms with Crippen molar-refractivity contribution in [1.29, 1.82) is 0 Å². The average Bonchev–Trinajstić information content (AvgIpc) is 2.85. The van der Waals surface area contributed by atoms with E-state index in [9.17, 15) is 0 Å². The molecule has 0 saturated heterocycles. The summed E-state index contributed by atoms with van der Waals surface area (Å²) in [4.78, 5) is 8.97. The fraction of sp³-hybridized carbons (Fsp3) is 0.429. The van der Waals surface area contributed by atoms with Crippen molar-refractivity contribution < 1.29 is 0 Å². The van der Waals surface area contributed by atoms with Crippen LogP contribution in [0.5, 0.6) is 0 Å². The van der Waals surface area contributed by atoms with Gasteiger partial charge in [0.05, 0.1) is 16.4 Å². The van der Waals surface area contributed by atoms with Crippen molar-refractivity contribution in [1.82, 2.24) is 9.97 Å². The molecule has 2 heterocycles. The first-order valence-electron chi connectivity index (χ1n) is 6.26. The van der Waals surface area contributed by atoms with E-state index in [-0.39, 0.29) is 0 Å². The third-order valence-corrected chi connectivity index (χ3v) is 4.03. The normalized spacial score (nSPS) is 12.9. The van der Waals surface area contributed by atoms with Crippen LogP contribution in [-0.4, -0.2) is 16.5 Å². The van der Waals surface area contributed by atoms with E-state index in [2.05, 4.69) is 29.2 Å². The molecule has 0 fully saturated rings. The van der Waals surface area contributed by atoms with Gasteiger partial charge in [-0.3, -0.25) is 4.98 Å². The largest absolute Gasteiger partial charge is 0.330 e. The monoisotopic (exact) mass is 261 g/mol. The lowest BCUT2D eigenvalue weighted by atomic mass is 9.93. The van der Waals surface area contributed by atoms with Gasteiger partial charge in [-0.15, -0.1) is 11.3 Å². The van der Waals surface area contributed by atoms with Gasteiger partial charge in [-0.25, -0.2) is 4.98 Å². The molecule has 0 spiro atoms. The van der Waals surface area contributed by atoms with E-state index in [0.29, 0.717) is 11.8 Å². The van der Waals surface area contributed by atoms with Gasteiger partial charge in [0.15, 0.2) is 0 Å². The number of nitrogens with two attached hydrogens (primary N) is 1. The zero-order chi connectivity index (χ0) is 13.0. The molecule has 4 heteroatoms. The Morgan fingerprint density at radius 1 is 1.28 bits per heavy atom. The smallest absolute Gasteiger partial charge is 0.0998 e. The molecule has 0 bridgehead atoms. The second-order valence-corrected chi connectivity index (χ2v) is 5.73. The van der Waals surface area contributed by atoms with Gasteiger partial charge in [-0.2, -0.15) is 0 Å². The molecule has 0 amide bonds. The van der Waals surface area contributed by atoms with Crippen molar-refractivity contribution in [2.24, 2.45) is 17.6 Å². The van der Waals surface area contributed by atoms with E-state index in [4.69, 9.17) is 5.73 Å². The zero-order valence-corrected chi connectivity index (χ0v) is 11.7. The molecule has 2 aromatic rings. The fourth-order valence-corrected chi connectivity index (χ4v) is 2.73. The SMILES string of the molecule is CC(C)C(CN)Cc1nc(-c2ccccn2)cs1. The molecule has 0 saturated carbocycles. The Labute approximate surface area is 112 Å². The highest BCUT2D eigenvalue weighted by Crippen LogP contribution is 2.23. The molecule has 96 valence electrons. The van der Waals surface area contributed by atoms with Crippen LogP contribution in [0.25, 0.3) is 11.4 Å². The second-order valence-electron chi connectivity index (χ2n) is 4.79. The molecule has 1 atom stereocenters. The number of hydrogen-bond donors (Lipinski definition) is 1. The van der Waals surface area contributed by atoms with E-state index >= 15 is 0 Å². The first-order chi connectivity index (χ1) is 8.70. The van der Waals surface area contributed by atoms with Crippen LogP contribution in [0.1, 0.15) is 18.9 Å². The minimum absolute atomic E-state index is 0.507. The maximum absolute atomic E-state index is 5.80. The average molecular weight is 261 g/mol. The molecular formula is C14H19N3S. The van der Waals surface area contributed by atoms with Gasteiger partial charge in [-0.1, -0.05) is 19.9 Å². The van der Waals surface area contributed by atoms with E-state index in [1.54, 1.807) is 17.5 Å². The summed E-state index contributed by atoms with van der Waals surface area (Å²) in [6.45, 7) is 5.14. The molecular weight excluding hydrogens is 242 g/mol. The molecule has 18 heavy (non-hydrogen) atoms. The first-order valence-corrected chi connectivity index (χ1v) is 7.14. The van der Waals surface area contributed by atoms with Gasteiger partial charge in [-0.05, 0) is 30.5 Å². The molecule has 2 N–H and O–H groups in total. The lowest BCUT2D eigenvalue weighted by Crippen LogP contribution is -2.22. The van der Waals surface area contributed by atoms with Crippen LogP contribution in [0.15, 0.2) is 29.8 Å². The van der Waals surface area contributed by atoms with Crippen LogP contribution in [0.2, 0.25) is 0 Å². The Hall–Kier alpha value is -1.26. The molecule has 2 rings (SSSR count). The molecule has 0 aliphatic heterocycles. The summed E-state index contributed by atoms with van der Waals surface area (Å²) in [5, 5.41) is 3.23. The summed E-state index contributed by atoms with van der Waals surface area (Å²) in [5.74, 6) is 1.10. The fourth-order valence-electron chi connectivity index (χ4n) is 1.85. The summed E-state index contributed by atoms with van der Waals surface area (Å²) in [7, 11) is 0. The predicted molar refractivity (Wildman–Crippen MR) is 76.4 cm³/mol. The number of pyridine rings is 1. The number of rotatable bonds is 5. The van der Waals surface area contributed by atoms with Crippen molar-refractivity contribution >= 4 is 11.3 Å². The summed E-state index contributed by atoms with van der Waals surface area (Å²) >= 11 is 1.70. The van der Waals surface area contributed by atoms with Gasteiger partial charge >= 0.3 is 0 Å². The number of hydrogen-bond acceptors (Lipinski definition) is 4. The Bertz CT molecular complexity index is 479. The highest BCUT2D eigenvalue weighted by Gasteiger charge is 2.15. The maximum Gasteiger partial charge on any atom is 0.0998 e. The highest BCUT2D eigenvalue weighted by atomic mass is 32.1. The van der Waals surface area contributed by atoms with Crippen molar-refractivity contribution in [2.75, 3.05) is 6.54 Å². The summed E-state index contributed by atoms with van der Waals surface area (Å²) < 4.78 is 0. The highest BCUT2D eigenvalue weighted by molar-refractivity contribution is 7.09. The van der Waals surface area contributed by atoms with Gasteiger partial charge in [0.1, 0.15) is 0 Å². The van der Waals surface area contributed by atoms with Crippen molar-refractivity contribution in [3.8, 4) is 11.4 Å². The van der Waals surface area contributed by atoms with E-state index < -0.39 is 0 Å². The Kier molecular flexibility index (Phi) is 4.44. The van der Waals surface area contributed by atoms with Crippen LogP contribution < -0.4 is 5.73 Å². The molecule has 0 aliphatic carbocycles. The Morgan fingerprint density at radius 2 is 2.11 bits per heavy atom. The van der Waals surface area contributed by atoms with E-state index in [0.717, 1.165) is 29.4 Å². The van der Waals surface area contributed by atoms with Crippen molar-refractivity contribution in [2.45, 2.75) is 20.3 Å². The topological polar surface area (TPSA) is 51.8 Å².